The van der Waals surface area contributed by atoms with E-state index < -0.39 is 24.3 Å². The van der Waals surface area contributed by atoms with Crippen molar-refractivity contribution in [2.75, 3.05) is 26.3 Å². The molecule has 2 aliphatic rings. The van der Waals surface area contributed by atoms with E-state index in [0.29, 0.717) is 17.9 Å². The van der Waals surface area contributed by atoms with Crippen molar-refractivity contribution >= 4 is 11.9 Å². The van der Waals surface area contributed by atoms with Gasteiger partial charge in [-0.25, -0.2) is 14.6 Å². The zero-order chi connectivity index (χ0) is 28.4. The number of likely N-dealkylation sites (tertiary alicyclic amines) is 1. The number of nitrogens with zero attached hydrogens (tertiary/aromatic N) is 2. The maximum atomic E-state index is 10.6. The lowest BCUT2D eigenvalue weighted by molar-refractivity contribution is -0.193. The van der Waals surface area contributed by atoms with E-state index in [9.17, 15) is 26.3 Å². The van der Waals surface area contributed by atoms with Gasteiger partial charge in [-0.1, -0.05) is 6.07 Å². The fourth-order valence-corrected chi connectivity index (χ4v) is 3.77. The monoisotopic (exact) mass is 556 g/mol. The van der Waals surface area contributed by atoms with Gasteiger partial charge in [-0.3, -0.25) is 4.90 Å². The second-order valence-electron chi connectivity index (χ2n) is 8.58. The van der Waals surface area contributed by atoms with Crippen LogP contribution in [0.3, 0.4) is 0 Å². The van der Waals surface area contributed by atoms with Crippen LogP contribution in [0.15, 0.2) is 47.2 Å². The van der Waals surface area contributed by atoms with E-state index in [0.717, 1.165) is 38.4 Å². The number of carbonyl (C=O) groups is 2. The van der Waals surface area contributed by atoms with Crippen LogP contribution in [0.5, 0.6) is 5.88 Å². The topological polar surface area (TPSA) is 122 Å². The lowest BCUT2D eigenvalue weighted by Gasteiger charge is -2.38. The van der Waals surface area contributed by atoms with Crippen LogP contribution in [0.4, 0.5) is 26.3 Å². The van der Waals surface area contributed by atoms with Crippen molar-refractivity contribution in [3.05, 3.63) is 48.6 Å². The number of aromatic nitrogens is 1. The van der Waals surface area contributed by atoms with Gasteiger partial charge < -0.3 is 24.1 Å². The third kappa shape index (κ3) is 10.6. The number of hydrogen-bond acceptors (Lipinski definition) is 7. The van der Waals surface area contributed by atoms with Gasteiger partial charge in [0.2, 0.25) is 5.88 Å². The molecule has 9 nitrogen and oxygen atoms in total. The number of furan rings is 1. The molecule has 1 unspecified atom stereocenters. The molecule has 2 aliphatic heterocycles. The molecule has 0 saturated carbocycles. The minimum Gasteiger partial charge on any atom is -0.475 e. The van der Waals surface area contributed by atoms with Crippen molar-refractivity contribution in [2.24, 2.45) is 5.41 Å². The van der Waals surface area contributed by atoms with Gasteiger partial charge in [0, 0.05) is 12.3 Å². The summed E-state index contributed by atoms with van der Waals surface area (Å²) in [5, 5.41) is 14.2. The molecule has 4 rings (SSSR count). The molecular weight excluding hydrogens is 530 g/mol. The number of rotatable bonds is 5. The molecular formula is C23H26F6N2O7. The Morgan fingerprint density at radius 3 is 2.11 bits per heavy atom. The molecule has 2 fully saturated rings. The highest BCUT2D eigenvalue weighted by Gasteiger charge is 2.42. The van der Waals surface area contributed by atoms with Crippen molar-refractivity contribution in [3.8, 4) is 5.88 Å². The summed E-state index contributed by atoms with van der Waals surface area (Å²) < 4.78 is 80.7. The quantitative estimate of drug-likeness (QED) is 0.517. The highest BCUT2D eigenvalue weighted by molar-refractivity contribution is 5.73. The Kier molecular flexibility index (Phi) is 10.9. The van der Waals surface area contributed by atoms with Gasteiger partial charge in [-0.15, -0.1) is 0 Å². The first-order valence-corrected chi connectivity index (χ1v) is 11.2. The van der Waals surface area contributed by atoms with Crippen molar-refractivity contribution in [1.29, 1.82) is 0 Å². The summed E-state index contributed by atoms with van der Waals surface area (Å²) in [7, 11) is 0. The number of carboxylic acids is 2. The Morgan fingerprint density at radius 1 is 1.03 bits per heavy atom. The van der Waals surface area contributed by atoms with E-state index in [1.807, 2.05) is 30.3 Å². The number of aliphatic carboxylic acids is 2. The number of pyridine rings is 1. The second kappa shape index (κ2) is 13.5. The predicted molar refractivity (Wildman–Crippen MR) is 117 cm³/mol. The molecule has 0 radical (unpaired) electrons. The highest BCUT2D eigenvalue weighted by atomic mass is 19.4. The van der Waals surface area contributed by atoms with Crippen LogP contribution in [0.2, 0.25) is 0 Å². The van der Waals surface area contributed by atoms with Gasteiger partial charge in [0.25, 0.3) is 0 Å². The molecule has 2 aromatic rings. The van der Waals surface area contributed by atoms with Crippen LogP contribution in [-0.2, 0) is 20.9 Å². The Morgan fingerprint density at radius 2 is 1.63 bits per heavy atom. The van der Waals surface area contributed by atoms with Gasteiger partial charge in [0.15, 0.2) is 0 Å². The first-order valence-electron chi connectivity index (χ1n) is 11.2. The molecule has 0 aliphatic carbocycles. The molecule has 4 heterocycles. The lowest BCUT2D eigenvalue weighted by atomic mass is 9.76. The Balaban J connectivity index is 0.000000301. The average Bonchev–Trinajstić information content (AvgIpc) is 3.50. The smallest absolute Gasteiger partial charge is 0.475 e. The van der Waals surface area contributed by atoms with Crippen LogP contribution in [-0.4, -0.2) is 76.8 Å². The van der Waals surface area contributed by atoms with E-state index in [2.05, 4.69) is 9.88 Å². The maximum Gasteiger partial charge on any atom is 0.490 e. The fraction of sp³-hybridized carbons (Fsp3) is 0.522. The third-order valence-electron chi connectivity index (χ3n) is 5.70. The first-order chi connectivity index (χ1) is 17.7. The summed E-state index contributed by atoms with van der Waals surface area (Å²) in [6.07, 6.45) is -3.02. The standard InChI is InChI=1S/C19H24N2O3.2C2HF3O2/c1-2-8-20-18(5-1)23-14-17-12-19(15-24-17)6-9-21(10-7-19)13-16-4-3-11-22-16;2*3-2(4,5)1(6)7/h1-5,8,11,17H,6-7,9-10,12-15H2;2*(H,6,7). The Bertz CT molecular complexity index is 968. The van der Waals surface area contributed by atoms with E-state index >= 15 is 0 Å². The number of carboxylic acid groups (broad SMARTS) is 2. The summed E-state index contributed by atoms with van der Waals surface area (Å²) >= 11 is 0. The normalized spacial score (nSPS) is 19.1. The molecule has 1 atom stereocenters. The number of ether oxygens (including phenoxy) is 2. The number of alkyl halides is 6. The van der Waals surface area contributed by atoms with Gasteiger partial charge in [-0.05, 0) is 56.0 Å². The SMILES string of the molecule is O=C(O)C(F)(F)F.O=C(O)C(F)(F)F.c1ccc(OCC2CC3(CCN(Cc4ccco4)CC3)CO2)nc1. The van der Waals surface area contributed by atoms with Gasteiger partial charge in [0.1, 0.15) is 12.4 Å². The summed E-state index contributed by atoms with van der Waals surface area (Å²) in [6.45, 7) is 4.58. The van der Waals surface area contributed by atoms with E-state index in [1.165, 1.54) is 12.8 Å². The fourth-order valence-electron chi connectivity index (χ4n) is 3.77. The van der Waals surface area contributed by atoms with Gasteiger partial charge in [-0.2, -0.15) is 26.3 Å². The van der Waals surface area contributed by atoms with Crippen LogP contribution in [0.1, 0.15) is 25.0 Å². The maximum absolute atomic E-state index is 10.6. The zero-order valence-electron chi connectivity index (χ0n) is 19.9. The van der Waals surface area contributed by atoms with E-state index in [-0.39, 0.29) is 6.10 Å². The Hall–Kier alpha value is -3.33. The predicted octanol–water partition coefficient (Wildman–Crippen LogP) is 4.39. The van der Waals surface area contributed by atoms with Gasteiger partial charge >= 0.3 is 24.3 Å². The summed E-state index contributed by atoms with van der Waals surface area (Å²) in [5.41, 5.74) is 0.331. The summed E-state index contributed by atoms with van der Waals surface area (Å²) in [4.78, 5) is 24.5. The summed E-state index contributed by atoms with van der Waals surface area (Å²) in [5.74, 6) is -3.79. The molecule has 2 N–H and O–H groups in total. The first kappa shape index (κ1) is 30.9. The molecule has 0 bridgehead atoms. The van der Waals surface area contributed by atoms with E-state index in [1.54, 1.807) is 12.5 Å². The van der Waals surface area contributed by atoms with Crippen molar-refractivity contribution < 1.29 is 60.0 Å². The molecule has 0 amide bonds. The molecule has 2 aromatic heterocycles. The van der Waals surface area contributed by atoms with Crippen molar-refractivity contribution in [1.82, 2.24) is 9.88 Å². The number of hydrogen-bond donors (Lipinski definition) is 2. The van der Waals surface area contributed by atoms with E-state index in [4.69, 9.17) is 33.7 Å². The number of halogens is 6. The average molecular weight is 556 g/mol. The lowest BCUT2D eigenvalue weighted by Crippen LogP contribution is -2.40. The minimum atomic E-state index is -5.08. The minimum absolute atomic E-state index is 0.184. The van der Waals surface area contributed by atoms with Crippen molar-refractivity contribution in [3.63, 3.8) is 0 Å². The van der Waals surface area contributed by atoms with Crippen LogP contribution in [0.25, 0.3) is 0 Å². The van der Waals surface area contributed by atoms with Crippen molar-refractivity contribution in [2.45, 2.75) is 44.3 Å². The molecule has 212 valence electrons. The van der Waals surface area contributed by atoms with Crippen LogP contribution >= 0.6 is 0 Å². The largest absolute Gasteiger partial charge is 0.490 e. The molecule has 2 saturated heterocycles. The molecule has 15 heteroatoms. The van der Waals surface area contributed by atoms with Crippen LogP contribution in [0, 0.1) is 5.41 Å². The summed E-state index contributed by atoms with van der Waals surface area (Å²) in [6, 6.07) is 9.72. The third-order valence-corrected chi connectivity index (χ3v) is 5.70. The zero-order valence-corrected chi connectivity index (χ0v) is 19.9. The molecule has 38 heavy (non-hydrogen) atoms. The molecule has 1 spiro atoms. The Labute approximate surface area is 213 Å². The number of piperidine rings is 1. The molecule has 0 aromatic carbocycles. The second-order valence-corrected chi connectivity index (χ2v) is 8.58. The van der Waals surface area contributed by atoms with Crippen LogP contribution < -0.4 is 4.74 Å². The highest BCUT2D eigenvalue weighted by Crippen LogP contribution is 2.42. The van der Waals surface area contributed by atoms with Gasteiger partial charge in [0.05, 0.1) is 25.5 Å².